The monoisotopic (exact) mass is 326 g/mol. The number of sulfonamides is 1. The number of benzene rings is 1. The Morgan fingerprint density at radius 3 is 2.18 bits per heavy atom. The minimum absolute atomic E-state index is 0.255. The molecule has 0 saturated carbocycles. The normalized spacial score (nSPS) is 15.4. The molecule has 1 aromatic rings. The number of hydrogen-bond donors (Lipinski definition) is 0. The van der Waals surface area contributed by atoms with E-state index in [2.05, 4.69) is 0 Å². The lowest BCUT2D eigenvalue weighted by atomic mass is 10.3. The molecular formula is C15H22N2O4S. The SMILES string of the molecule is CCCN(CCC)S(=O)(=O)c1ccc(N2CCOC2=O)cc1. The van der Waals surface area contributed by atoms with Crippen molar-refractivity contribution in [1.82, 2.24) is 4.31 Å². The molecule has 22 heavy (non-hydrogen) atoms. The van der Waals surface area contributed by atoms with Crippen LogP contribution in [0.1, 0.15) is 26.7 Å². The zero-order valence-corrected chi connectivity index (χ0v) is 13.8. The molecule has 1 aliphatic heterocycles. The van der Waals surface area contributed by atoms with E-state index in [9.17, 15) is 13.2 Å². The van der Waals surface area contributed by atoms with E-state index in [4.69, 9.17) is 4.74 Å². The zero-order valence-electron chi connectivity index (χ0n) is 13.0. The zero-order chi connectivity index (χ0) is 16.2. The molecule has 122 valence electrons. The van der Waals surface area contributed by atoms with E-state index >= 15 is 0 Å². The van der Waals surface area contributed by atoms with E-state index in [0.717, 1.165) is 12.8 Å². The van der Waals surface area contributed by atoms with Crippen molar-refractivity contribution in [3.8, 4) is 0 Å². The molecule has 0 unspecified atom stereocenters. The molecule has 0 aliphatic carbocycles. The van der Waals surface area contributed by atoms with Gasteiger partial charge < -0.3 is 4.74 Å². The number of hydrogen-bond acceptors (Lipinski definition) is 4. The third-order valence-electron chi connectivity index (χ3n) is 3.49. The van der Waals surface area contributed by atoms with Gasteiger partial charge >= 0.3 is 6.09 Å². The van der Waals surface area contributed by atoms with Crippen LogP contribution in [-0.2, 0) is 14.8 Å². The quantitative estimate of drug-likeness (QED) is 0.772. The van der Waals surface area contributed by atoms with Gasteiger partial charge in [0.25, 0.3) is 0 Å². The fourth-order valence-electron chi connectivity index (χ4n) is 2.43. The number of rotatable bonds is 7. The maximum atomic E-state index is 12.6. The molecule has 1 amide bonds. The molecule has 1 heterocycles. The van der Waals surface area contributed by atoms with Crippen molar-refractivity contribution in [3.05, 3.63) is 24.3 Å². The summed E-state index contributed by atoms with van der Waals surface area (Å²) in [6.45, 7) is 5.79. The molecule has 2 rings (SSSR count). The number of anilines is 1. The highest BCUT2D eigenvalue weighted by molar-refractivity contribution is 7.89. The fraction of sp³-hybridized carbons (Fsp3) is 0.533. The van der Waals surface area contributed by atoms with Crippen LogP contribution in [0.25, 0.3) is 0 Å². The standard InChI is InChI=1S/C15H22N2O4S/c1-3-9-16(10-4-2)22(19,20)14-7-5-13(6-8-14)17-11-12-21-15(17)18/h5-8H,3-4,9-12H2,1-2H3. The van der Waals surface area contributed by atoms with E-state index in [0.29, 0.717) is 31.9 Å². The Balaban J connectivity index is 2.22. The summed E-state index contributed by atoms with van der Waals surface area (Å²) in [5.41, 5.74) is 0.652. The molecule has 0 N–H and O–H groups in total. The Kier molecular flexibility index (Phi) is 5.42. The molecule has 1 aromatic carbocycles. The van der Waals surface area contributed by atoms with Crippen LogP contribution in [0.4, 0.5) is 10.5 Å². The molecule has 0 aromatic heterocycles. The minimum Gasteiger partial charge on any atom is -0.447 e. The lowest BCUT2D eigenvalue weighted by molar-refractivity contribution is 0.181. The third kappa shape index (κ3) is 3.41. The van der Waals surface area contributed by atoms with Gasteiger partial charge in [0.15, 0.2) is 0 Å². The Bertz CT molecular complexity index is 607. The largest absolute Gasteiger partial charge is 0.447 e. The van der Waals surface area contributed by atoms with Crippen LogP contribution in [0.3, 0.4) is 0 Å². The summed E-state index contributed by atoms with van der Waals surface area (Å²) in [5.74, 6) is 0. The summed E-state index contributed by atoms with van der Waals surface area (Å²) >= 11 is 0. The first-order chi connectivity index (χ1) is 10.5. The Morgan fingerprint density at radius 2 is 1.73 bits per heavy atom. The Morgan fingerprint density at radius 1 is 1.14 bits per heavy atom. The van der Waals surface area contributed by atoms with Gasteiger partial charge in [0.2, 0.25) is 10.0 Å². The molecule has 6 nitrogen and oxygen atoms in total. The van der Waals surface area contributed by atoms with E-state index in [1.54, 1.807) is 24.3 Å². The number of ether oxygens (including phenoxy) is 1. The van der Waals surface area contributed by atoms with Gasteiger partial charge in [-0.15, -0.1) is 0 Å². The first-order valence-electron chi connectivity index (χ1n) is 7.55. The number of carbonyl (C=O) groups is 1. The van der Waals surface area contributed by atoms with Gasteiger partial charge in [-0.2, -0.15) is 4.31 Å². The second kappa shape index (κ2) is 7.11. The second-order valence-electron chi connectivity index (χ2n) is 5.16. The van der Waals surface area contributed by atoms with Crippen LogP contribution in [0, 0.1) is 0 Å². The fourth-order valence-corrected chi connectivity index (χ4v) is 4.05. The molecule has 1 saturated heterocycles. The average molecular weight is 326 g/mol. The summed E-state index contributed by atoms with van der Waals surface area (Å²) in [4.78, 5) is 13.3. The molecule has 1 aliphatic rings. The molecular weight excluding hydrogens is 304 g/mol. The van der Waals surface area contributed by atoms with Crippen LogP contribution >= 0.6 is 0 Å². The predicted molar refractivity (Wildman–Crippen MR) is 84.5 cm³/mol. The van der Waals surface area contributed by atoms with Crippen molar-refractivity contribution >= 4 is 21.8 Å². The molecule has 1 fully saturated rings. The van der Waals surface area contributed by atoms with Crippen LogP contribution < -0.4 is 4.90 Å². The maximum absolute atomic E-state index is 12.6. The maximum Gasteiger partial charge on any atom is 0.414 e. The van der Waals surface area contributed by atoms with Gasteiger partial charge in [-0.25, -0.2) is 13.2 Å². The van der Waals surface area contributed by atoms with Gasteiger partial charge in [0, 0.05) is 18.8 Å². The van der Waals surface area contributed by atoms with Crippen molar-refractivity contribution in [1.29, 1.82) is 0 Å². The van der Waals surface area contributed by atoms with Gasteiger partial charge in [-0.1, -0.05) is 13.8 Å². The summed E-state index contributed by atoms with van der Waals surface area (Å²) < 4.78 is 31.6. The number of amides is 1. The summed E-state index contributed by atoms with van der Waals surface area (Å²) in [5, 5.41) is 0. The predicted octanol–water partition coefficient (Wildman–Crippen LogP) is 2.45. The summed E-state index contributed by atoms with van der Waals surface area (Å²) in [6, 6.07) is 6.40. The minimum atomic E-state index is -3.48. The average Bonchev–Trinajstić information content (AvgIpc) is 2.93. The second-order valence-corrected chi connectivity index (χ2v) is 7.10. The van der Waals surface area contributed by atoms with E-state index in [1.807, 2.05) is 13.8 Å². The molecule has 7 heteroatoms. The van der Waals surface area contributed by atoms with Gasteiger partial charge in [0.1, 0.15) is 6.61 Å². The van der Waals surface area contributed by atoms with Crippen molar-refractivity contribution in [2.75, 3.05) is 31.1 Å². The molecule has 0 spiro atoms. The van der Waals surface area contributed by atoms with E-state index in [1.165, 1.54) is 9.21 Å². The highest BCUT2D eigenvalue weighted by Gasteiger charge is 2.26. The molecule has 0 atom stereocenters. The third-order valence-corrected chi connectivity index (χ3v) is 5.41. The van der Waals surface area contributed by atoms with Crippen molar-refractivity contribution in [2.24, 2.45) is 0 Å². The number of nitrogens with zero attached hydrogens (tertiary/aromatic N) is 2. The lowest BCUT2D eigenvalue weighted by Crippen LogP contribution is -2.32. The summed E-state index contributed by atoms with van der Waals surface area (Å²) in [7, 11) is -3.48. The van der Waals surface area contributed by atoms with Gasteiger partial charge in [0.05, 0.1) is 11.4 Å². The van der Waals surface area contributed by atoms with E-state index in [-0.39, 0.29) is 4.90 Å². The van der Waals surface area contributed by atoms with Crippen molar-refractivity contribution in [3.63, 3.8) is 0 Å². The highest BCUT2D eigenvalue weighted by atomic mass is 32.2. The van der Waals surface area contributed by atoms with Gasteiger partial charge in [-0.3, -0.25) is 4.90 Å². The van der Waals surface area contributed by atoms with Crippen molar-refractivity contribution in [2.45, 2.75) is 31.6 Å². The topological polar surface area (TPSA) is 66.9 Å². The highest BCUT2D eigenvalue weighted by Crippen LogP contribution is 2.23. The van der Waals surface area contributed by atoms with Crippen LogP contribution in [-0.4, -0.2) is 45.1 Å². The number of carbonyl (C=O) groups excluding carboxylic acids is 1. The first-order valence-corrected chi connectivity index (χ1v) is 8.99. The number of cyclic esters (lactones) is 1. The van der Waals surface area contributed by atoms with Crippen LogP contribution in [0.15, 0.2) is 29.2 Å². The Hall–Kier alpha value is -1.60. The smallest absolute Gasteiger partial charge is 0.414 e. The van der Waals surface area contributed by atoms with E-state index < -0.39 is 16.1 Å². The van der Waals surface area contributed by atoms with Crippen LogP contribution in [0.2, 0.25) is 0 Å². The van der Waals surface area contributed by atoms with Gasteiger partial charge in [-0.05, 0) is 37.1 Å². The lowest BCUT2D eigenvalue weighted by Gasteiger charge is -2.21. The molecule has 0 bridgehead atoms. The summed E-state index contributed by atoms with van der Waals surface area (Å²) in [6.07, 6.45) is 1.16. The van der Waals surface area contributed by atoms with Crippen LogP contribution in [0.5, 0.6) is 0 Å². The first kappa shape index (κ1) is 16.8. The Labute approximate surface area is 131 Å². The van der Waals surface area contributed by atoms with Crippen molar-refractivity contribution < 1.29 is 17.9 Å². The molecule has 0 radical (unpaired) electrons.